The highest BCUT2D eigenvalue weighted by Gasteiger charge is 2.28. The van der Waals surface area contributed by atoms with Gasteiger partial charge in [-0.3, -0.25) is 4.90 Å². The Kier molecular flexibility index (Phi) is 6.80. The molecular formula is C17H24F4N2S. The predicted molar refractivity (Wildman–Crippen MR) is 91.5 cm³/mol. The number of anilines is 1. The van der Waals surface area contributed by atoms with Gasteiger partial charge >= 0.3 is 6.18 Å². The number of halogens is 4. The molecule has 0 aliphatic carbocycles. The molecule has 0 saturated carbocycles. The van der Waals surface area contributed by atoms with Crippen molar-refractivity contribution in [1.82, 2.24) is 4.90 Å². The second-order valence-corrected chi connectivity index (χ2v) is 7.17. The third-order valence-electron chi connectivity index (χ3n) is 4.18. The lowest BCUT2D eigenvalue weighted by molar-refractivity contribution is -0.105. The van der Waals surface area contributed by atoms with Gasteiger partial charge in [-0.2, -0.15) is 13.2 Å². The molecule has 0 N–H and O–H groups in total. The minimum absolute atomic E-state index is 0.356. The standard InChI is InChI=1S/C17H24F4N2S/c1-3-4-5-22-6-8-23(9-7-22)15-11-16(13(2)10-14(15)18)24-12-17(19,20)21/h10-11H,3-9,12H2,1-2H3. The summed E-state index contributed by atoms with van der Waals surface area (Å²) in [6, 6.07) is 2.92. The molecule has 7 heteroatoms. The van der Waals surface area contributed by atoms with Gasteiger partial charge in [0.25, 0.3) is 0 Å². The number of rotatable bonds is 6. The van der Waals surface area contributed by atoms with E-state index >= 15 is 0 Å². The van der Waals surface area contributed by atoms with Crippen molar-refractivity contribution in [3.8, 4) is 0 Å². The van der Waals surface area contributed by atoms with Crippen LogP contribution in [0.3, 0.4) is 0 Å². The first-order chi connectivity index (χ1) is 11.3. The second-order valence-electron chi connectivity index (χ2n) is 6.16. The molecule has 2 nitrogen and oxygen atoms in total. The maximum absolute atomic E-state index is 14.3. The van der Waals surface area contributed by atoms with Gasteiger partial charge < -0.3 is 4.90 Å². The fourth-order valence-corrected chi connectivity index (χ4v) is 3.59. The van der Waals surface area contributed by atoms with Crippen LogP contribution in [0.4, 0.5) is 23.2 Å². The average Bonchev–Trinajstić information content (AvgIpc) is 2.52. The van der Waals surface area contributed by atoms with E-state index in [1.54, 1.807) is 13.0 Å². The van der Waals surface area contributed by atoms with Crippen LogP contribution in [0.15, 0.2) is 17.0 Å². The number of hydrogen-bond donors (Lipinski definition) is 0. The lowest BCUT2D eigenvalue weighted by Crippen LogP contribution is -2.46. The Balaban J connectivity index is 2.05. The maximum Gasteiger partial charge on any atom is 0.398 e. The van der Waals surface area contributed by atoms with E-state index in [0.717, 1.165) is 44.2 Å². The van der Waals surface area contributed by atoms with Crippen molar-refractivity contribution in [3.05, 3.63) is 23.5 Å². The Morgan fingerprint density at radius 1 is 1.12 bits per heavy atom. The molecule has 0 aromatic heterocycles. The number of benzene rings is 1. The predicted octanol–water partition coefficient (Wildman–Crippen LogP) is 4.71. The Bertz CT molecular complexity index is 540. The Labute approximate surface area is 145 Å². The summed E-state index contributed by atoms with van der Waals surface area (Å²) in [5.74, 6) is -1.31. The van der Waals surface area contributed by atoms with Crippen molar-refractivity contribution in [3.63, 3.8) is 0 Å². The van der Waals surface area contributed by atoms with Gasteiger partial charge in [0.1, 0.15) is 5.82 Å². The molecule has 2 rings (SSSR count). The molecular weight excluding hydrogens is 340 g/mol. The van der Waals surface area contributed by atoms with Crippen LogP contribution >= 0.6 is 11.8 Å². The molecule has 1 aliphatic heterocycles. The van der Waals surface area contributed by atoms with E-state index in [9.17, 15) is 17.6 Å². The molecule has 1 saturated heterocycles. The average molecular weight is 364 g/mol. The maximum atomic E-state index is 14.3. The van der Waals surface area contributed by atoms with Crippen molar-refractivity contribution in [2.45, 2.75) is 37.8 Å². The molecule has 0 radical (unpaired) electrons. The molecule has 1 aromatic rings. The van der Waals surface area contributed by atoms with E-state index in [2.05, 4.69) is 11.8 Å². The lowest BCUT2D eigenvalue weighted by atomic mass is 10.1. The highest BCUT2D eigenvalue weighted by atomic mass is 32.2. The van der Waals surface area contributed by atoms with E-state index in [-0.39, 0.29) is 5.82 Å². The van der Waals surface area contributed by atoms with Gasteiger partial charge in [0, 0.05) is 31.1 Å². The zero-order valence-corrected chi connectivity index (χ0v) is 14.9. The SMILES string of the molecule is CCCCN1CCN(c2cc(SCC(F)(F)F)c(C)cc2F)CC1. The molecule has 0 amide bonds. The Morgan fingerprint density at radius 3 is 2.38 bits per heavy atom. The Morgan fingerprint density at radius 2 is 1.79 bits per heavy atom. The van der Waals surface area contributed by atoms with E-state index in [0.29, 0.717) is 29.2 Å². The van der Waals surface area contributed by atoms with E-state index in [1.165, 1.54) is 6.07 Å². The molecule has 1 fully saturated rings. The summed E-state index contributed by atoms with van der Waals surface area (Å²) >= 11 is 0.724. The van der Waals surface area contributed by atoms with Crippen molar-refractivity contribution < 1.29 is 17.6 Å². The molecule has 1 heterocycles. The van der Waals surface area contributed by atoms with E-state index in [4.69, 9.17) is 0 Å². The summed E-state index contributed by atoms with van der Waals surface area (Å²) in [5.41, 5.74) is 0.965. The first kappa shape index (κ1) is 19.4. The fourth-order valence-electron chi connectivity index (χ4n) is 2.79. The summed E-state index contributed by atoms with van der Waals surface area (Å²) in [4.78, 5) is 4.79. The monoisotopic (exact) mass is 364 g/mol. The van der Waals surface area contributed by atoms with Crippen molar-refractivity contribution in [2.24, 2.45) is 0 Å². The quantitative estimate of drug-likeness (QED) is 0.533. The minimum Gasteiger partial charge on any atom is -0.367 e. The van der Waals surface area contributed by atoms with Crippen LogP contribution in [0.25, 0.3) is 0 Å². The third-order valence-corrected chi connectivity index (χ3v) is 5.40. The number of thioether (sulfide) groups is 1. The first-order valence-corrected chi connectivity index (χ1v) is 9.25. The molecule has 24 heavy (non-hydrogen) atoms. The van der Waals surface area contributed by atoms with Crippen LogP contribution in [0.5, 0.6) is 0 Å². The summed E-state index contributed by atoms with van der Waals surface area (Å²) in [6.45, 7) is 7.97. The topological polar surface area (TPSA) is 6.48 Å². The second kappa shape index (κ2) is 8.43. The summed E-state index contributed by atoms with van der Waals surface area (Å²) < 4.78 is 51.6. The van der Waals surface area contributed by atoms with Gasteiger partial charge in [0.15, 0.2) is 0 Å². The van der Waals surface area contributed by atoms with Crippen LogP contribution in [0.1, 0.15) is 25.3 Å². The van der Waals surface area contributed by atoms with Crippen LogP contribution in [-0.4, -0.2) is 49.6 Å². The number of nitrogens with zero attached hydrogens (tertiary/aromatic N) is 2. The number of alkyl halides is 3. The number of hydrogen-bond acceptors (Lipinski definition) is 3. The van der Waals surface area contributed by atoms with E-state index in [1.807, 2.05) is 4.90 Å². The third kappa shape index (κ3) is 5.55. The summed E-state index contributed by atoms with van der Waals surface area (Å²) in [7, 11) is 0. The summed E-state index contributed by atoms with van der Waals surface area (Å²) in [6.07, 6.45) is -1.93. The van der Waals surface area contributed by atoms with Crippen molar-refractivity contribution in [1.29, 1.82) is 0 Å². The smallest absolute Gasteiger partial charge is 0.367 e. The Hall–Kier alpha value is -0.950. The minimum atomic E-state index is -4.23. The molecule has 136 valence electrons. The van der Waals surface area contributed by atoms with Crippen LogP contribution < -0.4 is 4.90 Å². The van der Waals surface area contributed by atoms with Gasteiger partial charge in [-0.15, -0.1) is 11.8 Å². The highest BCUT2D eigenvalue weighted by molar-refractivity contribution is 7.99. The largest absolute Gasteiger partial charge is 0.398 e. The van der Waals surface area contributed by atoms with E-state index < -0.39 is 11.9 Å². The normalized spacial score (nSPS) is 16.7. The highest BCUT2D eigenvalue weighted by Crippen LogP contribution is 2.34. The first-order valence-electron chi connectivity index (χ1n) is 8.27. The lowest BCUT2D eigenvalue weighted by Gasteiger charge is -2.36. The van der Waals surface area contributed by atoms with Gasteiger partial charge in [0.05, 0.1) is 11.4 Å². The molecule has 0 atom stereocenters. The van der Waals surface area contributed by atoms with Gasteiger partial charge in [-0.25, -0.2) is 4.39 Å². The molecule has 0 bridgehead atoms. The zero-order valence-electron chi connectivity index (χ0n) is 14.1. The molecule has 1 aliphatic rings. The van der Waals surface area contributed by atoms with Crippen molar-refractivity contribution >= 4 is 17.4 Å². The van der Waals surface area contributed by atoms with Crippen LogP contribution in [-0.2, 0) is 0 Å². The number of piperazine rings is 1. The summed E-state index contributed by atoms with van der Waals surface area (Å²) in [5, 5.41) is 0. The number of aryl methyl sites for hydroxylation is 1. The van der Waals surface area contributed by atoms with Crippen LogP contribution in [0.2, 0.25) is 0 Å². The zero-order chi connectivity index (χ0) is 17.7. The molecule has 0 unspecified atom stereocenters. The molecule has 1 aromatic carbocycles. The van der Waals surface area contributed by atoms with Gasteiger partial charge in [-0.1, -0.05) is 13.3 Å². The van der Waals surface area contributed by atoms with Gasteiger partial charge in [-0.05, 0) is 37.6 Å². The van der Waals surface area contributed by atoms with Gasteiger partial charge in [0.2, 0.25) is 0 Å². The fraction of sp³-hybridized carbons (Fsp3) is 0.647. The number of unbranched alkanes of at least 4 members (excludes halogenated alkanes) is 1. The van der Waals surface area contributed by atoms with Crippen molar-refractivity contribution in [2.75, 3.05) is 43.4 Å². The molecule has 0 spiro atoms. The van der Waals surface area contributed by atoms with Crippen LogP contribution in [0, 0.1) is 12.7 Å².